The first-order valence-electron chi connectivity index (χ1n) is 5.51. The molecule has 0 aliphatic carbocycles. The number of hydrogen-bond acceptors (Lipinski definition) is 3. The molecule has 1 heterocycles. The molecule has 0 spiro atoms. The van der Waals surface area contributed by atoms with Crippen LogP contribution in [0.2, 0.25) is 0 Å². The number of anilines is 1. The lowest BCUT2D eigenvalue weighted by atomic mass is 10.0. The molecule has 2 rings (SSSR count). The van der Waals surface area contributed by atoms with E-state index in [0.717, 1.165) is 31.8 Å². The van der Waals surface area contributed by atoms with Gasteiger partial charge in [0.05, 0.1) is 0 Å². The van der Waals surface area contributed by atoms with Gasteiger partial charge in [-0.3, -0.25) is 0 Å². The van der Waals surface area contributed by atoms with E-state index in [-0.39, 0.29) is 5.82 Å². The third-order valence-corrected chi connectivity index (χ3v) is 4.05. The largest absolute Gasteiger partial charge is 0.399 e. The van der Waals surface area contributed by atoms with Crippen LogP contribution in [0.15, 0.2) is 23.1 Å². The monoisotopic (exact) mass is 241 g/mol. The summed E-state index contributed by atoms with van der Waals surface area (Å²) >= 11 is 1.58. The van der Waals surface area contributed by atoms with Crippen molar-refractivity contribution in [2.75, 3.05) is 24.7 Å². The van der Waals surface area contributed by atoms with Gasteiger partial charge in [0.15, 0.2) is 0 Å². The Morgan fingerprint density at radius 3 is 2.81 bits per heavy atom. The Morgan fingerprint density at radius 1 is 1.38 bits per heavy atom. The highest BCUT2D eigenvalue weighted by Crippen LogP contribution is 2.28. The lowest BCUT2D eigenvalue weighted by Crippen LogP contribution is -2.17. The van der Waals surface area contributed by atoms with E-state index in [1.165, 1.54) is 6.07 Å². The summed E-state index contributed by atoms with van der Waals surface area (Å²) in [5, 5.41) is 0. The first-order chi connectivity index (χ1) is 7.75. The molecule has 16 heavy (non-hydrogen) atoms. The third-order valence-electron chi connectivity index (χ3n) is 2.77. The van der Waals surface area contributed by atoms with Crippen LogP contribution in [-0.2, 0) is 4.74 Å². The van der Waals surface area contributed by atoms with Crippen molar-refractivity contribution in [1.29, 1.82) is 0 Å². The zero-order valence-corrected chi connectivity index (χ0v) is 9.93. The van der Waals surface area contributed by atoms with Crippen molar-refractivity contribution in [3.63, 3.8) is 0 Å². The lowest BCUT2D eigenvalue weighted by Gasteiger charge is -2.21. The van der Waals surface area contributed by atoms with Crippen molar-refractivity contribution >= 4 is 17.4 Å². The summed E-state index contributed by atoms with van der Waals surface area (Å²) in [6, 6.07) is 4.89. The summed E-state index contributed by atoms with van der Waals surface area (Å²) in [6.45, 7) is 1.69. The summed E-state index contributed by atoms with van der Waals surface area (Å²) in [7, 11) is 0. The van der Waals surface area contributed by atoms with Crippen LogP contribution < -0.4 is 5.73 Å². The Bertz CT molecular complexity index is 353. The van der Waals surface area contributed by atoms with Crippen LogP contribution in [0.5, 0.6) is 0 Å². The highest BCUT2D eigenvalue weighted by atomic mass is 32.2. The van der Waals surface area contributed by atoms with Gasteiger partial charge in [-0.25, -0.2) is 4.39 Å². The second kappa shape index (κ2) is 5.55. The first kappa shape index (κ1) is 11.7. The molecule has 1 aliphatic rings. The van der Waals surface area contributed by atoms with E-state index in [0.29, 0.717) is 16.5 Å². The molecule has 2 N–H and O–H groups in total. The SMILES string of the molecule is Nc1ccc(SCC2CCOCC2)c(F)c1. The molecule has 4 heteroatoms. The second-order valence-electron chi connectivity index (χ2n) is 4.06. The van der Waals surface area contributed by atoms with Crippen LogP contribution in [0, 0.1) is 11.7 Å². The smallest absolute Gasteiger partial charge is 0.138 e. The number of ether oxygens (including phenoxy) is 1. The average Bonchev–Trinajstić information content (AvgIpc) is 2.29. The fourth-order valence-electron chi connectivity index (χ4n) is 1.75. The van der Waals surface area contributed by atoms with Gasteiger partial charge in [-0.2, -0.15) is 0 Å². The van der Waals surface area contributed by atoms with Gasteiger partial charge in [0, 0.05) is 29.5 Å². The number of nitrogens with two attached hydrogens (primary N) is 1. The predicted molar refractivity (Wildman–Crippen MR) is 65.1 cm³/mol. The Labute approximate surface area is 99.4 Å². The van der Waals surface area contributed by atoms with Gasteiger partial charge in [0.25, 0.3) is 0 Å². The normalized spacial score (nSPS) is 17.6. The molecule has 1 aromatic carbocycles. The van der Waals surface area contributed by atoms with Crippen LogP contribution in [0.25, 0.3) is 0 Å². The topological polar surface area (TPSA) is 35.2 Å². The minimum atomic E-state index is -0.211. The van der Waals surface area contributed by atoms with E-state index in [1.807, 2.05) is 0 Å². The van der Waals surface area contributed by atoms with E-state index in [4.69, 9.17) is 10.5 Å². The second-order valence-corrected chi connectivity index (χ2v) is 5.12. The lowest BCUT2D eigenvalue weighted by molar-refractivity contribution is 0.0728. The minimum Gasteiger partial charge on any atom is -0.399 e. The van der Waals surface area contributed by atoms with Crippen LogP contribution >= 0.6 is 11.8 Å². The molecular formula is C12H16FNOS. The van der Waals surface area contributed by atoms with Gasteiger partial charge in [0.1, 0.15) is 5.82 Å². The van der Waals surface area contributed by atoms with Crippen molar-refractivity contribution in [2.24, 2.45) is 5.92 Å². The van der Waals surface area contributed by atoms with Gasteiger partial charge in [-0.05, 0) is 37.0 Å². The highest BCUT2D eigenvalue weighted by molar-refractivity contribution is 7.99. The number of nitrogen functional groups attached to an aromatic ring is 1. The Morgan fingerprint density at radius 2 is 2.12 bits per heavy atom. The Hall–Kier alpha value is -0.740. The van der Waals surface area contributed by atoms with Gasteiger partial charge < -0.3 is 10.5 Å². The number of halogens is 1. The number of thioether (sulfide) groups is 1. The highest BCUT2D eigenvalue weighted by Gasteiger charge is 2.14. The quantitative estimate of drug-likeness (QED) is 0.653. The molecule has 0 bridgehead atoms. The van der Waals surface area contributed by atoms with Crippen molar-refractivity contribution in [1.82, 2.24) is 0 Å². The zero-order chi connectivity index (χ0) is 11.4. The van der Waals surface area contributed by atoms with Crippen molar-refractivity contribution in [2.45, 2.75) is 17.7 Å². The fourth-order valence-corrected chi connectivity index (χ4v) is 2.86. The van der Waals surface area contributed by atoms with E-state index in [9.17, 15) is 4.39 Å². The van der Waals surface area contributed by atoms with Crippen molar-refractivity contribution in [3.05, 3.63) is 24.0 Å². The molecule has 1 aromatic rings. The van der Waals surface area contributed by atoms with Gasteiger partial charge >= 0.3 is 0 Å². The summed E-state index contributed by atoms with van der Waals surface area (Å²) in [5.74, 6) is 1.40. The maximum absolute atomic E-state index is 13.5. The summed E-state index contributed by atoms with van der Waals surface area (Å²) in [5.41, 5.74) is 5.98. The van der Waals surface area contributed by atoms with Crippen LogP contribution in [-0.4, -0.2) is 19.0 Å². The number of benzene rings is 1. The molecular weight excluding hydrogens is 225 g/mol. The van der Waals surface area contributed by atoms with Crippen molar-refractivity contribution in [3.8, 4) is 0 Å². The molecule has 0 atom stereocenters. The average molecular weight is 241 g/mol. The number of rotatable bonds is 3. The number of hydrogen-bond donors (Lipinski definition) is 1. The molecule has 0 aromatic heterocycles. The minimum absolute atomic E-state index is 0.211. The molecule has 2 nitrogen and oxygen atoms in total. The summed E-state index contributed by atoms with van der Waals surface area (Å²) < 4.78 is 18.8. The first-order valence-corrected chi connectivity index (χ1v) is 6.50. The predicted octanol–water partition coefficient (Wildman–Crippen LogP) is 2.93. The Kier molecular flexibility index (Phi) is 4.07. The van der Waals surface area contributed by atoms with E-state index >= 15 is 0 Å². The third kappa shape index (κ3) is 3.12. The van der Waals surface area contributed by atoms with E-state index < -0.39 is 0 Å². The van der Waals surface area contributed by atoms with Crippen LogP contribution in [0.4, 0.5) is 10.1 Å². The van der Waals surface area contributed by atoms with Crippen molar-refractivity contribution < 1.29 is 9.13 Å². The maximum Gasteiger partial charge on any atom is 0.138 e. The molecule has 0 unspecified atom stereocenters. The van der Waals surface area contributed by atoms with E-state index in [2.05, 4.69) is 0 Å². The summed E-state index contributed by atoms with van der Waals surface area (Å²) in [6.07, 6.45) is 2.17. The maximum atomic E-state index is 13.5. The molecule has 88 valence electrons. The van der Waals surface area contributed by atoms with Gasteiger partial charge in [-0.15, -0.1) is 11.8 Å². The molecule has 0 radical (unpaired) electrons. The Balaban J connectivity index is 1.88. The molecule has 1 fully saturated rings. The zero-order valence-electron chi connectivity index (χ0n) is 9.12. The molecule has 1 aliphatic heterocycles. The van der Waals surface area contributed by atoms with Gasteiger partial charge in [0.2, 0.25) is 0 Å². The molecule has 0 amide bonds. The van der Waals surface area contributed by atoms with Gasteiger partial charge in [-0.1, -0.05) is 0 Å². The van der Waals surface area contributed by atoms with E-state index in [1.54, 1.807) is 23.9 Å². The standard InChI is InChI=1S/C12H16FNOS/c13-11-7-10(14)1-2-12(11)16-8-9-3-5-15-6-4-9/h1-2,7,9H,3-6,8,14H2. The summed E-state index contributed by atoms with van der Waals surface area (Å²) in [4.78, 5) is 0.695. The molecule has 1 saturated heterocycles. The van der Waals surface area contributed by atoms with Crippen LogP contribution in [0.3, 0.4) is 0 Å². The molecule has 0 saturated carbocycles. The van der Waals surface area contributed by atoms with Crippen LogP contribution in [0.1, 0.15) is 12.8 Å². The fraction of sp³-hybridized carbons (Fsp3) is 0.500.